The highest BCUT2D eigenvalue weighted by Gasteiger charge is 2.08. The van der Waals surface area contributed by atoms with Crippen LogP contribution in [-0.2, 0) is 9.59 Å². The van der Waals surface area contributed by atoms with Crippen molar-refractivity contribution in [3.05, 3.63) is 59.9 Å². The van der Waals surface area contributed by atoms with Crippen molar-refractivity contribution in [1.82, 2.24) is 0 Å². The molecule has 0 saturated heterocycles. The molecule has 120 valence electrons. The van der Waals surface area contributed by atoms with Gasteiger partial charge >= 0.3 is 0 Å². The van der Waals surface area contributed by atoms with Crippen molar-refractivity contribution in [2.45, 2.75) is 6.92 Å². The molecule has 23 heavy (non-hydrogen) atoms. The Labute approximate surface area is 138 Å². The first kappa shape index (κ1) is 17.0. The van der Waals surface area contributed by atoms with E-state index < -0.39 is 5.82 Å². The number of hydrogen-bond donors (Lipinski definition) is 2. The van der Waals surface area contributed by atoms with Gasteiger partial charge in [0.05, 0.1) is 17.2 Å². The maximum atomic E-state index is 13.4. The van der Waals surface area contributed by atoms with Crippen molar-refractivity contribution in [1.29, 1.82) is 0 Å². The van der Waals surface area contributed by atoms with Crippen LogP contribution >= 0.6 is 11.8 Å². The number of aryl methyl sites for hydroxylation is 1. The van der Waals surface area contributed by atoms with Gasteiger partial charge in [-0.2, -0.15) is 0 Å². The molecule has 2 N–H and O–H groups in total. The van der Waals surface area contributed by atoms with E-state index >= 15 is 0 Å². The molecule has 0 fully saturated rings. The predicted octanol–water partition coefficient (Wildman–Crippen LogP) is 3.44. The van der Waals surface area contributed by atoms with Crippen LogP contribution in [0, 0.1) is 12.7 Å². The van der Waals surface area contributed by atoms with E-state index in [1.54, 1.807) is 18.2 Å². The summed E-state index contributed by atoms with van der Waals surface area (Å²) in [5, 5.41) is 5.24. The van der Waals surface area contributed by atoms with Crippen molar-refractivity contribution in [3.63, 3.8) is 0 Å². The molecule has 0 aliphatic carbocycles. The van der Waals surface area contributed by atoms with Gasteiger partial charge in [-0.05, 0) is 36.8 Å². The fraction of sp³-hybridized carbons (Fsp3) is 0.176. The van der Waals surface area contributed by atoms with Crippen LogP contribution in [0.4, 0.5) is 15.8 Å². The monoisotopic (exact) mass is 332 g/mol. The number of amides is 2. The second-order valence-corrected chi connectivity index (χ2v) is 5.92. The standard InChI is InChI=1S/C17H17FN2O2S/c1-12-5-4-6-13(9-12)19-16(21)10-23-11-17(22)20-15-8-3-2-7-14(15)18/h2-9H,10-11H2,1H3,(H,19,21)(H,20,22). The van der Waals surface area contributed by atoms with Crippen LogP contribution in [0.3, 0.4) is 0 Å². The minimum atomic E-state index is -0.483. The van der Waals surface area contributed by atoms with Crippen molar-refractivity contribution in [3.8, 4) is 0 Å². The molecule has 0 spiro atoms. The van der Waals surface area contributed by atoms with Gasteiger partial charge in [0.25, 0.3) is 0 Å². The van der Waals surface area contributed by atoms with Gasteiger partial charge in [-0.15, -0.1) is 11.8 Å². The summed E-state index contributed by atoms with van der Waals surface area (Å²) in [6.45, 7) is 1.94. The third-order valence-corrected chi connectivity index (χ3v) is 3.85. The number of nitrogens with one attached hydrogen (secondary N) is 2. The molecule has 2 aromatic carbocycles. The quantitative estimate of drug-likeness (QED) is 0.852. The summed E-state index contributed by atoms with van der Waals surface area (Å²) in [5.41, 5.74) is 1.92. The van der Waals surface area contributed by atoms with Gasteiger partial charge in [-0.3, -0.25) is 9.59 Å². The van der Waals surface area contributed by atoms with E-state index in [9.17, 15) is 14.0 Å². The lowest BCUT2D eigenvalue weighted by Gasteiger charge is -2.07. The number of hydrogen-bond acceptors (Lipinski definition) is 3. The van der Waals surface area contributed by atoms with Crippen molar-refractivity contribution in [2.75, 3.05) is 22.1 Å². The second-order valence-electron chi connectivity index (χ2n) is 4.94. The third kappa shape index (κ3) is 5.75. The number of rotatable bonds is 6. The zero-order valence-corrected chi connectivity index (χ0v) is 13.5. The van der Waals surface area contributed by atoms with Crippen LogP contribution < -0.4 is 10.6 Å². The Balaban J connectivity index is 1.73. The Morgan fingerprint density at radius 3 is 2.39 bits per heavy atom. The smallest absolute Gasteiger partial charge is 0.234 e. The molecule has 0 unspecified atom stereocenters. The van der Waals surface area contributed by atoms with Crippen LogP contribution in [0.2, 0.25) is 0 Å². The Morgan fingerprint density at radius 1 is 1.00 bits per heavy atom. The maximum Gasteiger partial charge on any atom is 0.234 e. The SMILES string of the molecule is Cc1cccc(NC(=O)CSCC(=O)Nc2ccccc2F)c1. The number of para-hydroxylation sites is 1. The summed E-state index contributed by atoms with van der Waals surface area (Å²) in [6.07, 6.45) is 0. The topological polar surface area (TPSA) is 58.2 Å². The zero-order valence-electron chi connectivity index (χ0n) is 12.6. The number of carbonyl (C=O) groups excluding carboxylic acids is 2. The molecule has 4 nitrogen and oxygen atoms in total. The van der Waals surface area contributed by atoms with E-state index in [-0.39, 0.29) is 29.0 Å². The van der Waals surface area contributed by atoms with Crippen molar-refractivity contribution in [2.24, 2.45) is 0 Å². The van der Waals surface area contributed by atoms with E-state index in [1.807, 2.05) is 25.1 Å². The maximum absolute atomic E-state index is 13.4. The van der Waals surface area contributed by atoms with E-state index in [2.05, 4.69) is 10.6 Å². The molecule has 0 heterocycles. The molecule has 2 aromatic rings. The third-order valence-electron chi connectivity index (χ3n) is 2.92. The van der Waals surface area contributed by atoms with Gasteiger partial charge in [0.2, 0.25) is 11.8 Å². The molecule has 0 atom stereocenters. The lowest BCUT2D eigenvalue weighted by molar-refractivity contribution is -0.114. The first-order valence-corrected chi connectivity index (χ1v) is 8.19. The minimum Gasteiger partial charge on any atom is -0.325 e. The molecule has 0 radical (unpaired) electrons. The fourth-order valence-corrected chi connectivity index (χ4v) is 2.52. The van der Waals surface area contributed by atoms with Gasteiger partial charge < -0.3 is 10.6 Å². The van der Waals surface area contributed by atoms with E-state index in [1.165, 1.54) is 23.9 Å². The Hall–Kier alpha value is -2.34. The van der Waals surface area contributed by atoms with Crippen molar-refractivity contribution < 1.29 is 14.0 Å². The van der Waals surface area contributed by atoms with Crippen LogP contribution in [0.5, 0.6) is 0 Å². The molecule has 0 aromatic heterocycles. The Bertz CT molecular complexity index is 706. The summed E-state index contributed by atoms with van der Waals surface area (Å²) >= 11 is 1.17. The van der Waals surface area contributed by atoms with Gasteiger partial charge in [0.1, 0.15) is 5.82 Å². The van der Waals surface area contributed by atoms with E-state index in [0.717, 1.165) is 11.3 Å². The Morgan fingerprint density at radius 2 is 1.70 bits per heavy atom. The lowest BCUT2D eigenvalue weighted by Crippen LogP contribution is -2.18. The van der Waals surface area contributed by atoms with Gasteiger partial charge in [0, 0.05) is 5.69 Å². The predicted molar refractivity (Wildman–Crippen MR) is 92.2 cm³/mol. The molecular formula is C17H17FN2O2S. The van der Waals surface area contributed by atoms with Gasteiger partial charge in [0.15, 0.2) is 0 Å². The summed E-state index contributed by atoms with van der Waals surface area (Å²) in [6, 6.07) is 13.4. The van der Waals surface area contributed by atoms with Crippen LogP contribution in [0.1, 0.15) is 5.56 Å². The average Bonchev–Trinajstić information content (AvgIpc) is 2.49. The molecule has 0 saturated carbocycles. The van der Waals surface area contributed by atoms with E-state index in [4.69, 9.17) is 0 Å². The summed E-state index contributed by atoms with van der Waals surface area (Å²) < 4.78 is 13.4. The van der Waals surface area contributed by atoms with E-state index in [0.29, 0.717) is 0 Å². The molecule has 2 rings (SSSR count). The lowest BCUT2D eigenvalue weighted by atomic mass is 10.2. The normalized spacial score (nSPS) is 10.2. The fourth-order valence-electron chi connectivity index (χ4n) is 1.91. The number of thioether (sulfide) groups is 1. The average molecular weight is 332 g/mol. The Kier molecular flexibility index (Phi) is 6.17. The highest BCUT2D eigenvalue weighted by molar-refractivity contribution is 8.00. The first-order valence-electron chi connectivity index (χ1n) is 7.03. The summed E-state index contributed by atoms with van der Waals surface area (Å²) in [4.78, 5) is 23.5. The largest absolute Gasteiger partial charge is 0.325 e. The van der Waals surface area contributed by atoms with Crippen LogP contribution in [0.25, 0.3) is 0 Å². The molecule has 0 bridgehead atoms. The number of carbonyl (C=O) groups is 2. The van der Waals surface area contributed by atoms with Crippen LogP contribution in [0.15, 0.2) is 48.5 Å². The minimum absolute atomic E-state index is 0.0789. The number of benzene rings is 2. The first-order chi connectivity index (χ1) is 11.0. The van der Waals surface area contributed by atoms with Crippen LogP contribution in [-0.4, -0.2) is 23.3 Å². The molecule has 6 heteroatoms. The van der Waals surface area contributed by atoms with Gasteiger partial charge in [-0.25, -0.2) is 4.39 Å². The highest BCUT2D eigenvalue weighted by atomic mass is 32.2. The number of halogens is 1. The summed E-state index contributed by atoms with van der Waals surface area (Å²) in [7, 11) is 0. The van der Waals surface area contributed by atoms with Crippen molar-refractivity contribution >= 4 is 35.0 Å². The molecule has 0 aliphatic heterocycles. The molecular weight excluding hydrogens is 315 g/mol. The summed E-state index contributed by atoms with van der Waals surface area (Å²) in [5.74, 6) is -0.778. The zero-order chi connectivity index (χ0) is 16.7. The molecule has 0 aliphatic rings. The highest BCUT2D eigenvalue weighted by Crippen LogP contribution is 2.14. The molecule has 2 amide bonds. The second kappa shape index (κ2) is 8.33. The number of anilines is 2. The van der Waals surface area contributed by atoms with Gasteiger partial charge in [-0.1, -0.05) is 24.3 Å².